The van der Waals surface area contributed by atoms with E-state index in [-0.39, 0.29) is 17.4 Å². The molecule has 5 heteroatoms. The molecule has 5 N–H and O–H groups in total. The Morgan fingerprint density at radius 3 is 2.29 bits per heavy atom. The molecular formula is C9H11N3OS. The lowest BCUT2D eigenvalue weighted by molar-refractivity contribution is -0.117. The number of rotatable bonds is 3. The average Bonchev–Trinajstić information content (AvgIpc) is 2.06. The summed E-state index contributed by atoms with van der Waals surface area (Å²) in [4.78, 5) is 10.6. The molecule has 0 aliphatic rings. The normalized spacial score (nSPS) is 9.43. The van der Waals surface area contributed by atoms with E-state index in [0.29, 0.717) is 0 Å². The van der Waals surface area contributed by atoms with Crippen LogP contribution in [0.3, 0.4) is 0 Å². The molecule has 14 heavy (non-hydrogen) atoms. The summed E-state index contributed by atoms with van der Waals surface area (Å²) in [6, 6.07) is 7.17. The maximum absolute atomic E-state index is 10.6. The highest BCUT2D eigenvalue weighted by Crippen LogP contribution is 2.09. The smallest absolute Gasteiger partial charge is 0.221 e. The first-order valence-corrected chi connectivity index (χ1v) is 4.42. The fourth-order valence-electron chi connectivity index (χ4n) is 1.05. The number of hydrogen-bond acceptors (Lipinski definition) is 2. The molecule has 0 saturated heterocycles. The van der Waals surface area contributed by atoms with Crippen LogP contribution in [0.4, 0.5) is 5.69 Å². The lowest BCUT2D eigenvalue weighted by Crippen LogP contribution is -2.19. The molecule has 0 aliphatic carbocycles. The zero-order valence-electron chi connectivity index (χ0n) is 7.49. The summed E-state index contributed by atoms with van der Waals surface area (Å²) in [7, 11) is 0. The lowest BCUT2D eigenvalue weighted by atomic mass is 10.1. The predicted molar refractivity (Wildman–Crippen MR) is 59.7 cm³/mol. The third-order valence-electron chi connectivity index (χ3n) is 1.60. The standard InChI is InChI=1S/C9H11N3OS/c10-8(13)5-6-1-3-7(4-2-6)12-9(11)14/h1-4H,5H2,(H2,10,13)(H3,11,12,14). The molecule has 0 aliphatic heterocycles. The first-order chi connectivity index (χ1) is 6.58. The number of hydrogen-bond donors (Lipinski definition) is 3. The van der Waals surface area contributed by atoms with Crippen LogP contribution >= 0.6 is 12.2 Å². The Kier molecular flexibility index (Phi) is 3.41. The number of amides is 1. The molecule has 1 aromatic carbocycles. The van der Waals surface area contributed by atoms with Gasteiger partial charge < -0.3 is 16.8 Å². The van der Waals surface area contributed by atoms with Gasteiger partial charge in [-0.3, -0.25) is 4.79 Å². The molecule has 0 heterocycles. The van der Waals surface area contributed by atoms with Gasteiger partial charge in [0.1, 0.15) is 0 Å². The zero-order chi connectivity index (χ0) is 10.6. The number of benzene rings is 1. The van der Waals surface area contributed by atoms with Crippen molar-refractivity contribution in [1.29, 1.82) is 0 Å². The summed E-state index contributed by atoms with van der Waals surface area (Å²) in [5.41, 5.74) is 12.0. The number of thiocarbonyl (C=S) groups is 1. The van der Waals surface area contributed by atoms with Crippen LogP contribution in [0.15, 0.2) is 24.3 Å². The second-order valence-corrected chi connectivity index (χ2v) is 3.27. The van der Waals surface area contributed by atoms with Crippen molar-refractivity contribution in [3.63, 3.8) is 0 Å². The van der Waals surface area contributed by atoms with Crippen molar-refractivity contribution in [2.45, 2.75) is 6.42 Å². The van der Waals surface area contributed by atoms with Crippen LogP contribution < -0.4 is 16.8 Å². The summed E-state index contributed by atoms with van der Waals surface area (Å²) in [5.74, 6) is -0.347. The van der Waals surface area contributed by atoms with Gasteiger partial charge in [-0.2, -0.15) is 0 Å². The third kappa shape index (κ3) is 3.40. The molecule has 0 fully saturated rings. The quantitative estimate of drug-likeness (QED) is 0.628. The molecule has 74 valence electrons. The van der Waals surface area contributed by atoms with Crippen LogP contribution in [-0.4, -0.2) is 11.0 Å². The van der Waals surface area contributed by atoms with Gasteiger partial charge in [0.25, 0.3) is 0 Å². The van der Waals surface area contributed by atoms with Gasteiger partial charge in [-0.25, -0.2) is 0 Å². The Labute approximate surface area is 87.3 Å². The summed E-state index contributed by atoms with van der Waals surface area (Å²) in [6.45, 7) is 0. The Morgan fingerprint density at radius 1 is 1.29 bits per heavy atom. The van der Waals surface area contributed by atoms with Crippen molar-refractivity contribution in [2.24, 2.45) is 11.5 Å². The van der Waals surface area contributed by atoms with Gasteiger partial charge >= 0.3 is 0 Å². The number of nitrogens with two attached hydrogens (primary N) is 2. The molecule has 0 aromatic heterocycles. The largest absolute Gasteiger partial charge is 0.376 e. The van der Waals surface area contributed by atoms with Crippen molar-refractivity contribution in [3.8, 4) is 0 Å². The summed E-state index contributed by atoms with van der Waals surface area (Å²) in [6.07, 6.45) is 0.243. The first-order valence-electron chi connectivity index (χ1n) is 4.01. The number of carbonyl (C=O) groups excluding carboxylic acids is 1. The molecule has 1 amide bonds. The zero-order valence-corrected chi connectivity index (χ0v) is 8.30. The fraction of sp³-hybridized carbons (Fsp3) is 0.111. The average molecular weight is 209 g/mol. The second kappa shape index (κ2) is 4.57. The van der Waals surface area contributed by atoms with Gasteiger partial charge in [0.2, 0.25) is 5.91 Å². The van der Waals surface area contributed by atoms with Crippen LogP contribution in [0.25, 0.3) is 0 Å². The summed E-state index contributed by atoms with van der Waals surface area (Å²) >= 11 is 4.67. The van der Waals surface area contributed by atoms with E-state index in [4.69, 9.17) is 11.5 Å². The molecule has 0 atom stereocenters. The highest BCUT2D eigenvalue weighted by atomic mass is 32.1. The molecule has 4 nitrogen and oxygen atoms in total. The van der Waals surface area contributed by atoms with E-state index in [1.165, 1.54) is 0 Å². The minimum Gasteiger partial charge on any atom is -0.376 e. The van der Waals surface area contributed by atoms with Crippen LogP contribution in [0.2, 0.25) is 0 Å². The molecule has 0 unspecified atom stereocenters. The second-order valence-electron chi connectivity index (χ2n) is 2.83. The van der Waals surface area contributed by atoms with Gasteiger partial charge in [-0.15, -0.1) is 0 Å². The van der Waals surface area contributed by atoms with Gasteiger partial charge in [-0.1, -0.05) is 12.1 Å². The van der Waals surface area contributed by atoms with Crippen LogP contribution in [0.1, 0.15) is 5.56 Å². The molecular weight excluding hydrogens is 198 g/mol. The Morgan fingerprint density at radius 2 is 1.86 bits per heavy atom. The maximum Gasteiger partial charge on any atom is 0.221 e. The van der Waals surface area contributed by atoms with Gasteiger partial charge in [-0.05, 0) is 29.9 Å². The Balaban J connectivity index is 2.68. The SMILES string of the molecule is NC(=O)Cc1ccc(NC(N)=S)cc1. The number of primary amides is 1. The van der Waals surface area contributed by atoms with Crippen molar-refractivity contribution in [3.05, 3.63) is 29.8 Å². The fourth-order valence-corrected chi connectivity index (χ4v) is 1.17. The highest BCUT2D eigenvalue weighted by Gasteiger charge is 1.98. The van der Waals surface area contributed by atoms with Crippen LogP contribution in [0.5, 0.6) is 0 Å². The lowest BCUT2D eigenvalue weighted by Gasteiger charge is -2.04. The highest BCUT2D eigenvalue weighted by molar-refractivity contribution is 7.80. The molecule has 1 aromatic rings. The van der Waals surface area contributed by atoms with Gasteiger partial charge in [0.15, 0.2) is 5.11 Å². The Hall–Kier alpha value is -1.62. The molecule has 0 spiro atoms. The van der Waals surface area contributed by atoms with Gasteiger partial charge in [0, 0.05) is 5.69 Å². The summed E-state index contributed by atoms with van der Waals surface area (Å²) in [5, 5.41) is 2.99. The van der Waals surface area contributed by atoms with E-state index in [2.05, 4.69) is 17.5 Å². The van der Waals surface area contributed by atoms with E-state index < -0.39 is 0 Å². The maximum atomic E-state index is 10.6. The Bertz CT molecular complexity index is 313. The van der Waals surface area contributed by atoms with Crippen molar-refractivity contribution < 1.29 is 4.79 Å². The van der Waals surface area contributed by atoms with Crippen molar-refractivity contribution >= 4 is 28.9 Å². The van der Waals surface area contributed by atoms with Gasteiger partial charge in [0.05, 0.1) is 6.42 Å². The predicted octanol–water partition coefficient (Wildman–Crippen LogP) is 0.370. The minimum absolute atomic E-state index is 0.215. The van der Waals surface area contributed by atoms with E-state index in [1.54, 1.807) is 24.3 Å². The van der Waals surface area contributed by atoms with Crippen LogP contribution in [-0.2, 0) is 11.2 Å². The van der Waals surface area contributed by atoms with E-state index in [9.17, 15) is 4.79 Å². The molecule has 0 saturated carbocycles. The number of anilines is 1. The van der Waals surface area contributed by atoms with E-state index in [1.807, 2.05) is 0 Å². The minimum atomic E-state index is -0.347. The van der Waals surface area contributed by atoms with Crippen molar-refractivity contribution in [2.75, 3.05) is 5.32 Å². The topological polar surface area (TPSA) is 81.1 Å². The molecule has 1 rings (SSSR count). The summed E-state index contributed by atoms with van der Waals surface area (Å²) < 4.78 is 0. The molecule has 0 bridgehead atoms. The van der Waals surface area contributed by atoms with E-state index in [0.717, 1.165) is 11.3 Å². The molecule has 0 radical (unpaired) electrons. The monoisotopic (exact) mass is 209 g/mol. The van der Waals surface area contributed by atoms with Crippen molar-refractivity contribution in [1.82, 2.24) is 0 Å². The number of carbonyl (C=O) groups is 1. The first kappa shape index (κ1) is 10.5. The van der Waals surface area contributed by atoms with Crippen LogP contribution in [0, 0.1) is 0 Å². The third-order valence-corrected chi connectivity index (χ3v) is 1.70. The van der Waals surface area contributed by atoms with E-state index >= 15 is 0 Å². The number of nitrogens with one attached hydrogen (secondary N) is 1.